The molecular weight excluding hydrogens is 314 g/mol. The van der Waals surface area contributed by atoms with Crippen molar-refractivity contribution in [2.45, 2.75) is 13.5 Å². The third-order valence-electron chi connectivity index (χ3n) is 3.68. The van der Waals surface area contributed by atoms with Crippen LogP contribution in [0.1, 0.15) is 9.88 Å². The lowest BCUT2D eigenvalue weighted by molar-refractivity contribution is 0.373. The van der Waals surface area contributed by atoms with Crippen molar-refractivity contribution < 1.29 is 0 Å². The van der Waals surface area contributed by atoms with Crippen LogP contribution in [0.25, 0.3) is 0 Å². The van der Waals surface area contributed by atoms with E-state index in [4.69, 9.17) is 0 Å². The number of piperazine rings is 1. The zero-order chi connectivity index (χ0) is 15.4. The second-order valence-corrected chi connectivity index (χ2v) is 7.44. The van der Waals surface area contributed by atoms with Gasteiger partial charge in [0.05, 0.1) is 11.5 Å². The Morgan fingerprint density at radius 1 is 1.36 bits per heavy atom. The maximum Gasteiger partial charge on any atom is 0.194 e. The molecule has 0 bridgehead atoms. The minimum absolute atomic E-state index is 0.746. The molecule has 7 heteroatoms. The first kappa shape index (κ1) is 15.3. The van der Waals surface area contributed by atoms with Crippen molar-refractivity contribution in [3.63, 3.8) is 0 Å². The molecule has 0 amide bonds. The predicted molar refractivity (Wildman–Crippen MR) is 95.2 cm³/mol. The quantitative estimate of drug-likeness (QED) is 0.691. The van der Waals surface area contributed by atoms with Crippen molar-refractivity contribution in [3.05, 3.63) is 33.6 Å². The number of aliphatic imine (C=N–C) groups is 1. The number of rotatable bonds is 3. The van der Waals surface area contributed by atoms with Crippen LogP contribution in [0, 0.1) is 6.92 Å². The first-order valence-corrected chi connectivity index (χ1v) is 9.11. The highest BCUT2D eigenvalue weighted by Gasteiger charge is 2.20. The molecule has 0 atom stereocenters. The van der Waals surface area contributed by atoms with Gasteiger partial charge in [-0.1, -0.05) is 0 Å². The SMILES string of the molecule is CN=C(NCc1ncc(C)s1)N1CCN(c2cccs2)CC1. The van der Waals surface area contributed by atoms with Crippen LogP contribution in [-0.2, 0) is 6.54 Å². The third kappa shape index (κ3) is 3.59. The van der Waals surface area contributed by atoms with Crippen molar-refractivity contribution in [3.8, 4) is 0 Å². The summed E-state index contributed by atoms with van der Waals surface area (Å²) >= 11 is 3.54. The van der Waals surface area contributed by atoms with Gasteiger partial charge in [0.25, 0.3) is 0 Å². The lowest BCUT2D eigenvalue weighted by atomic mass is 10.3. The van der Waals surface area contributed by atoms with Gasteiger partial charge in [-0.2, -0.15) is 0 Å². The van der Waals surface area contributed by atoms with Crippen LogP contribution in [0.15, 0.2) is 28.7 Å². The van der Waals surface area contributed by atoms with Gasteiger partial charge in [0.15, 0.2) is 5.96 Å². The molecule has 5 nitrogen and oxygen atoms in total. The van der Waals surface area contributed by atoms with Crippen LogP contribution in [-0.4, -0.2) is 49.1 Å². The summed E-state index contributed by atoms with van der Waals surface area (Å²) < 4.78 is 0. The van der Waals surface area contributed by atoms with Crippen LogP contribution >= 0.6 is 22.7 Å². The van der Waals surface area contributed by atoms with Gasteiger partial charge in [-0.15, -0.1) is 22.7 Å². The number of hydrogen-bond donors (Lipinski definition) is 1. The van der Waals surface area contributed by atoms with Crippen molar-refractivity contribution in [1.29, 1.82) is 0 Å². The normalized spacial score (nSPS) is 16.2. The standard InChI is InChI=1S/C15H21N5S2/c1-12-10-17-13(22-12)11-18-15(16-2)20-7-5-19(6-8-20)14-4-3-9-21-14/h3-4,9-10H,5-8,11H2,1-2H3,(H,16,18). The Hall–Kier alpha value is -1.60. The number of guanidine groups is 1. The van der Waals surface area contributed by atoms with E-state index in [1.54, 1.807) is 11.3 Å². The summed E-state index contributed by atoms with van der Waals surface area (Å²) in [5.74, 6) is 0.971. The fraction of sp³-hybridized carbons (Fsp3) is 0.467. The Kier molecular flexibility index (Phi) is 4.94. The predicted octanol–water partition coefficient (Wildman–Crippen LogP) is 2.41. The Bertz CT molecular complexity index is 612. The Labute approximate surface area is 139 Å². The largest absolute Gasteiger partial charge is 0.360 e. The van der Waals surface area contributed by atoms with Gasteiger partial charge in [0, 0.05) is 44.3 Å². The molecular formula is C15H21N5S2. The van der Waals surface area contributed by atoms with Crippen LogP contribution in [0.4, 0.5) is 5.00 Å². The molecule has 2 aromatic rings. The average molecular weight is 336 g/mol. The van der Waals surface area contributed by atoms with Gasteiger partial charge in [0.1, 0.15) is 5.01 Å². The van der Waals surface area contributed by atoms with Crippen molar-refractivity contribution in [2.24, 2.45) is 4.99 Å². The molecule has 0 radical (unpaired) electrons. The molecule has 1 saturated heterocycles. The van der Waals surface area contributed by atoms with Crippen molar-refractivity contribution >= 4 is 33.6 Å². The Morgan fingerprint density at radius 3 is 2.77 bits per heavy atom. The summed E-state index contributed by atoms with van der Waals surface area (Å²) in [5, 5.41) is 8.03. The summed E-state index contributed by atoms with van der Waals surface area (Å²) in [6, 6.07) is 4.31. The third-order valence-corrected chi connectivity index (χ3v) is 5.52. The smallest absolute Gasteiger partial charge is 0.194 e. The molecule has 0 aromatic carbocycles. The van der Waals surface area contributed by atoms with Crippen molar-refractivity contribution in [2.75, 3.05) is 38.1 Å². The minimum atomic E-state index is 0.746. The van der Waals surface area contributed by atoms with E-state index in [9.17, 15) is 0 Å². The maximum absolute atomic E-state index is 4.41. The number of nitrogens with zero attached hydrogens (tertiary/aromatic N) is 4. The number of thiazole rings is 1. The van der Waals surface area contributed by atoms with Crippen LogP contribution in [0.2, 0.25) is 0 Å². The van der Waals surface area contributed by atoms with E-state index in [2.05, 4.69) is 49.5 Å². The Morgan fingerprint density at radius 2 is 2.18 bits per heavy atom. The molecule has 2 aromatic heterocycles. The number of nitrogens with one attached hydrogen (secondary N) is 1. The fourth-order valence-electron chi connectivity index (χ4n) is 2.56. The molecule has 1 aliphatic rings. The zero-order valence-electron chi connectivity index (χ0n) is 13.0. The summed E-state index contributed by atoms with van der Waals surface area (Å²) in [7, 11) is 1.85. The molecule has 3 rings (SSSR count). The lowest BCUT2D eigenvalue weighted by Crippen LogP contribution is -2.52. The van der Waals surface area contributed by atoms with E-state index >= 15 is 0 Å². The maximum atomic E-state index is 4.41. The van der Waals surface area contributed by atoms with E-state index in [-0.39, 0.29) is 0 Å². The van der Waals surface area contributed by atoms with Crippen LogP contribution in [0.5, 0.6) is 0 Å². The second-order valence-electron chi connectivity index (χ2n) is 5.19. The van der Waals surface area contributed by atoms with Gasteiger partial charge in [-0.3, -0.25) is 4.99 Å². The molecule has 0 unspecified atom stereocenters. The highest BCUT2D eigenvalue weighted by atomic mass is 32.1. The number of aromatic nitrogens is 1. The lowest BCUT2D eigenvalue weighted by Gasteiger charge is -2.36. The molecule has 118 valence electrons. The minimum Gasteiger partial charge on any atom is -0.360 e. The van der Waals surface area contributed by atoms with Gasteiger partial charge >= 0.3 is 0 Å². The average Bonchev–Trinajstić information content (AvgIpc) is 3.20. The van der Waals surface area contributed by atoms with Crippen LogP contribution in [0.3, 0.4) is 0 Å². The van der Waals surface area contributed by atoms with E-state index in [1.807, 2.05) is 24.6 Å². The van der Waals surface area contributed by atoms with E-state index in [0.717, 1.165) is 43.7 Å². The highest BCUT2D eigenvalue weighted by Crippen LogP contribution is 2.22. The first-order chi connectivity index (χ1) is 10.8. The van der Waals surface area contributed by atoms with E-state index in [1.165, 1.54) is 9.88 Å². The highest BCUT2D eigenvalue weighted by molar-refractivity contribution is 7.14. The first-order valence-electron chi connectivity index (χ1n) is 7.41. The fourth-order valence-corrected chi connectivity index (χ4v) is 4.07. The number of thiophene rings is 1. The number of aryl methyl sites for hydroxylation is 1. The topological polar surface area (TPSA) is 43.8 Å². The number of hydrogen-bond acceptors (Lipinski definition) is 5. The van der Waals surface area contributed by atoms with Crippen molar-refractivity contribution in [1.82, 2.24) is 15.2 Å². The Balaban J connectivity index is 1.52. The van der Waals surface area contributed by atoms with Crippen LogP contribution < -0.4 is 10.2 Å². The summed E-state index contributed by atoms with van der Waals surface area (Å²) in [5.41, 5.74) is 0. The van der Waals surface area contributed by atoms with Gasteiger partial charge < -0.3 is 15.1 Å². The molecule has 3 heterocycles. The molecule has 22 heavy (non-hydrogen) atoms. The monoisotopic (exact) mass is 335 g/mol. The van der Waals surface area contributed by atoms with E-state index in [0.29, 0.717) is 0 Å². The van der Waals surface area contributed by atoms with Gasteiger partial charge in [-0.25, -0.2) is 4.98 Å². The zero-order valence-corrected chi connectivity index (χ0v) is 14.6. The number of anilines is 1. The molecule has 0 saturated carbocycles. The van der Waals surface area contributed by atoms with E-state index < -0.39 is 0 Å². The molecule has 1 fully saturated rings. The van der Waals surface area contributed by atoms with Gasteiger partial charge in [0.2, 0.25) is 0 Å². The molecule has 0 aliphatic carbocycles. The van der Waals surface area contributed by atoms with Gasteiger partial charge in [-0.05, 0) is 24.4 Å². The molecule has 1 aliphatic heterocycles. The molecule has 1 N–H and O–H groups in total. The molecule has 0 spiro atoms. The second kappa shape index (κ2) is 7.11. The summed E-state index contributed by atoms with van der Waals surface area (Å²) in [6.45, 7) is 6.90. The summed E-state index contributed by atoms with van der Waals surface area (Å²) in [6.07, 6.45) is 1.92. The summed E-state index contributed by atoms with van der Waals surface area (Å²) in [4.78, 5) is 14.8.